The number of hydrogen-bond donors (Lipinski definition) is 3. The van der Waals surface area contributed by atoms with E-state index < -0.39 is 42.4 Å². The molecule has 1 aliphatic rings. The molecule has 1 fully saturated rings. The molecule has 2 aromatic heterocycles. The summed E-state index contributed by atoms with van der Waals surface area (Å²) in [6, 6.07) is 2.74. The third-order valence-corrected chi connectivity index (χ3v) is 3.81. The minimum atomic E-state index is -1.42. The first-order valence-corrected chi connectivity index (χ1v) is 7.23. The van der Waals surface area contributed by atoms with Crippen LogP contribution >= 0.6 is 0 Å². The number of nitrogens with zero attached hydrogens (tertiary/aromatic N) is 4. The second-order valence-corrected chi connectivity index (χ2v) is 5.32. The Morgan fingerprint density at radius 2 is 1.88 bits per heavy atom. The summed E-state index contributed by atoms with van der Waals surface area (Å²) in [5.41, 5.74) is -1.31. The topological polar surface area (TPSA) is 140 Å². The van der Waals surface area contributed by atoms with Gasteiger partial charge in [-0.25, -0.2) is 14.8 Å². The zero-order valence-electron chi connectivity index (χ0n) is 12.5. The summed E-state index contributed by atoms with van der Waals surface area (Å²) in [6.45, 7) is -0.658. The quantitative estimate of drug-likeness (QED) is 0.555. The van der Waals surface area contributed by atoms with Crippen LogP contribution in [0, 0.1) is 0 Å². The Balaban J connectivity index is 1.98. The summed E-state index contributed by atoms with van der Waals surface area (Å²) < 4.78 is 7.20. The second kappa shape index (κ2) is 6.61. The molecule has 0 radical (unpaired) electrons. The van der Waals surface area contributed by atoms with Gasteiger partial charge in [-0.2, -0.15) is 0 Å². The Hall–Kier alpha value is -2.40. The summed E-state index contributed by atoms with van der Waals surface area (Å²) in [6.07, 6.45) is -0.846. The van der Waals surface area contributed by atoms with Gasteiger partial charge in [0.25, 0.3) is 5.56 Å². The lowest BCUT2D eigenvalue weighted by molar-refractivity contribution is -0.0555. The summed E-state index contributed by atoms with van der Waals surface area (Å²) >= 11 is 0. The molecule has 0 aliphatic carbocycles. The molecule has 0 saturated carbocycles. The molecule has 0 spiro atoms. The first-order chi connectivity index (χ1) is 11.5. The van der Waals surface area contributed by atoms with Gasteiger partial charge in [-0.05, 0) is 6.07 Å². The Morgan fingerprint density at radius 1 is 1.17 bits per heavy atom. The molecule has 3 rings (SSSR count). The largest absolute Gasteiger partial charge is 0.394 e. The molecule has 3 N–H and O–H groups in total. The second-order valence-electron chi connectivity index (χ2n) is 5.32. The van der Waals surface area contributed by atoms with Crippen molar-refractivity contribution in [1.29, 1.82) is 0 Å². The molecule has 2 aromatic rings. The van der Waals surface area contributed by atoms with E-state index in [9.17, 15) is 19.8 Å². The van der Waals surface area contributed by atoms with E-state index in [0.29, 0.717) is 0 Å². The molecule has 3 heterocycles. The predicted molar refractivity (Wildman–Crippen MR) is 79.1 cm³/mol. The van der Waals surface area contributed by atoms with Gasteiger partial charge in [-0.3, -0.25) is 13.9 Å². The highest BCUT2D eigenvalue weighted by atomic mass is 16.6. The fourth-order valence-electron chi connectivity index (χ4n) is 2.53. The smallest absolute Gasteiger partial charge is 0.333 e. The van der Waals surface area contributed by atoms with Crippen molar-refractivity contribution in [3.8, 4) is 0 Å². The minimum Gasteiger partial charge on any atom is -0.394 e. The maximum absolute atomic E-state index is 12.6. The first-order valence-electron chi connectivity index (χ1n) is 7.23. The molecule has 0 amide bonds. The van der Waals surface area contributed by atoms with Crippen molar-refractivity contribution >= 4 is 0 Å². The number of aromatic nitrogens is 4. The third-order valence-electron chi connectivity index (χ3n) is 3.81. The van der Waals surface area contributed by atoms with E-state index in [4.69, 9.17) is 9.84 Å². The van der Waals surface area contributed by atoms with E-state index in [1.54, 1.807) is 6.07 Å². The van der Waals surface area contributed by atoms with Gasteiger partial charge in [0, 0.05) is 24.7 Å². The van der Waals surface area contributed by atoms with Crippen LogP contribution in [0.2, 0.25) is 0 Å². The molecular weight excluding hydrogens is 320 g/mol. The average Bonchev–Trinajstić information content (AvgIpc) is 2.88. The molecule has 4 atom stereocenters. The van der Waals surface area contributed by atoms with Crippen LogP contribution in [0.4, 0.5) is 0 Å². The van der Waals surface area contributed by atoms with Gasteiger partial charge in [-0.15, -0.1) is 0 Å². The number of hydrogen-bond acceptors (Lipinski definition) is 8. The Bertz CT molecular complexity index is 820. The number of aliphatic hydroxyl groups is 3. The van der Waals surface area contributed by atoms with E-state index in [0.717, 1.165) is 15.2 Å². The predicted octanol–water partition coefficient (Wildman–Crippen LogP) is -2.54. The first kappa shape index (κ1) is 16.5. The molecule has 0 bridgehead atoms. The van der Waals surface area contributed by atoms with Crippen LogP contribution < -0.4 is 11.2 Å². The summed E-state index contributed by atoms with van der Waals surface area (Å²) in [5, 5.41) is 29.0. The highest BCUT2D eigenvalue weighted by Crippen LogP contribution is 2.27. The summed E-state index contributed by atoms with van der Waals surface area (Å²) in [7, 11) is 0. The van der Waals surface area contributed by atoms with Gasteiger partial charge < -0.3 is 20.1 Å². The van der Waals surface area contributed by atoms with E-state index in [1.807, 2.05) is 0 Å². The van der Waals surface area contributed by atoms with Crippen LogP contribution in [0.5, 0.6) is 0 Å². The number of ether oxygens (including phenoxy) is 1. The van der Waals surface area contributed by atoms with Gasteiger partial charge in [0.2, 0.25) is 0 Å². The van der Waals surface area contributed by atoms with Crippen LogP contribution in [0.1, 0.15) is 12.1 Å². The van der Waals surface area contributed by atoms with Crippen molar-refractivity contribution in [2.45, 2.75) is 31.1 Å². The molecule has 24 heavy (non-hydrogen) atoms. The fraction of sp³-hybridized carbons (Fsp3) is 0.429. The summed E-state index contributed by atoms with van der Waals surface area (Å²) in [4.78, 5) is 32.5. The molecule has 0 aromatic carbocycles. The fourth-order valence-corrected chi connectivity index (χ4v) is 2.53. The van der Waals surface area contributed by atoms with Gasteiger partial charge in [0.15, 0.2) is 6.23 Å². The molecule has 1 saturated heterocycles. The molecule has 1 aliphatic heterocycles. The third kappa shape index (κ3) is 2.87. The van der Waals surface area contributed by atoms with E-state index >= 15 is 0 Å². The lowest BCUT2D eigenvalue weighted by Crippen LogP contribution is -2.43. The number of rotatable bonds is 4. The van der Waals surface area contributed by atoms with E-state index in [-0.39, 0.29) is 12.4 Å². The minimum absolute atomic E-state index is 0.145. The van der Waals surface area contributed by atoms with Crippen molar-refractivity contribution in [2.24, 2.45) is 0 Å². The van der Waals surface area contributed by atoms with Crippen molar-refractivity contribution in [1.82, 2.24) is 19.1 Å². The molecule has 1 unspecified atom stereocenters. The maximum Gasteiger partial charge on any atom is 0.333 e. The van der Waals surface area contributed by atoms with Crippen molar-refractivity contribution in [3.63, 3.8) is 0 Å². The number of aliphatic hydroxyl groups excluding tert-OH is 3. The zero-order valence-corrected chi connectivity index (χ0v) is 12.5. The SMILES string of the molecule is O=c1ccn([C@@H]2O[C@H](CO)C(O)[C@@H]2O)c(=O)n1Cc1ncccn1. The zero-order chi connectivity index (χ0) is 17.3. The highest BCUT2D eigenvalue weighted by molar-refractivity contribution is 4.97. The van der Waals surface area contributed by atoms with Gasteiger partial charge in [-0.1, -0.05) is 0 Å². The Labute approximate surface area is 135 Å². The van der Waals surface area contributed by atoms with Crippen LogP contribution in [-0.2, 0) is 11.3 Å². The van der Waals surface area contributed by atoms with Crippen LogP contribution in [0.25, 0.3) is 0 Å². The lowest BCUT2D eigenvalue weighted by Gasteiger charge is -2.18. The van der Waals surface area contributed by atoms with Crippen LogP contribution in [0.3, 0.4) is 0 Å². The van der Waals surface area contributed by atoms with E-state index in [1.165, 1.54) is 18.6 Å². The lowest BCUT2D eigenvalue weighted by atomic mass is 10.1. The van der Waals surface area contributed by atoms with Crippen molar-refractivity contribution in [2.75, 3.05) is 6.61 Å². The molecule has 10 nitrogen and oxygen atoms in total. The van der Waals surface area contributed by atoms with Crippen molar-refractivity contribution in [3.05, 3.63) is 57.4 Å². The van der Waals surface area contributed by atoms with Gasteiger partial charge in [0.05, 0.1) is 13.2 Å². The average molecular weight is 336 g/mol. The van der Waals surface area contributed by atoms with Gasteiger partial charge >= 0.3 is 5.69 Å². The van der Waals surface area contributed by atoms with E-state index in [2.05, 4.69) is 9.97 Å². The van der Waals surface area contributed by atoms with Crippen LogP contribution in [-0.4, -0.2) is 59.3 Å². The standard InChI is InChI=1S/C14H16N4O6/c19-7-8-11(21)12(22)13(24-8)17-5-2-10(20)18(14(17)23)6-9-15-3-1-4-16-9/h1-5,8,11-13,19,21-22H,6-7H2/t8-,11?,12+,13-/m1/s1. The summed E-state index contributed by atoms with van der Waals surface area (Å²) in [5.74, 6) is 0.274. The van der Waals surface area contributed by atoms with Gasteiger partial charge in [0.1, 0.15) is 24.1 Å². The Morgan fingerprint density at radius 3 is 2.50 bits per heavy atom. The molecular formula is C14H16N4O6. The van der Waals surface area contributed by atoms with Crippen molar-refractivity contribution < 1.29 is 20.1 Å². The molecule has 128 valence electrons. The highest BCUT2D eigenvalue weighted by Gasteiger charge is 2.43. The monoisotopic (exact) mass is 336 g/mol. The Kier molecular flexibility index (Phi) is 4.53. The van der Waals surface area contributed by atoms with Crippen LogP contribution in [0.15, 0.2) is 40.3 Å². The normalized spacial score (nSPS) is 26.6. The maximum atomic E-state index is 12.6. The molecule has 10 heteroatoms.